The van der Waals surface area contributed by atoms with Crippen molar-refractivity contribution in [2.45, 2.75) is 26.0 Å². The first-order valence-corrected chi connectivity index (χ1v) is 7.84. The molecule has 0 amide bonds. The van der Waals surface area contributed by atoms with E-state index in [-0.39, 0.29) is 0 Å². The van der Waals surface area contributed by atoms with E-state index in [2.05, 4.69) is 31.8 Å². The Morgan fingerprint density at radius 2 is 1.80 bits per heavy atom. The number of nitrogens with zero attached hydrogens (tertiary/aromatic N) is 2. The van der Waals surface area contributed by atoms with Crippen molar-refractivity contribution in [3.8, 4) is 0 Å². The molecule has 0 unspecified atom stereocenters. The van der Waals surface area contributed by atoms with Gasteiger partial charge in [0.25, 0.3) is 0 Å². The van der Waals surface area contributed by atoms with Gasteiger partial charge in [0, 0.05) is 49.4 Å². The van der Waals surface area contributed by atoms with Crippen LogP contribution in [0.15, 0.2) is 22.7 Å². The van der Waals surface area contributed by atoms with Crippen LogP contribution in [0.1, 0.15) is 19.4 Å². The molecule has 1 saturated heterocycles. The van der Waals surface area contributed by atoms with Crippen LogP contribution in [0.4, 0.5) is 5.69 Å². The second-order valence-electron chi connectivity index (χ2n) is 6.21. The van der Waals surface area contributed by atoms with Gasteiger partial charge < -0.3 is 10.8 Å². The van der Waals surface area contributed by atoms with Crippen LogP contribution >= 0.6 is 15.9 Å². The van der Waals surface area contributed by atoms with E-state index in [0.29, 0.717) is 0 Å². The minimum Gasteiger partial charge on any atom is -0.398 e. The van der Waals surface area contributed by atoms with Crippen molar-refractivity contribution in [3.05, 3.63) is 28.2 Å². The standard InChI is InChI=1S/C15H24BrN3O/c1-15(2,20)11-19-7-5-18(6-8-19)10-12-3-4-13(16)9-14(12)17/h3-4,9,20H,5-8,10-11,17H2,1-2H3. The van der Waals surface area contributed by atoms with Gasteiger partial charge in [-0.1, -0.05) is 22.0 Å². The predicted molar refractivity (Wildman–Crippen MR) is 86.6 cm³/mol. The molecule has 0 bridgehead atoms. The first-order valence-electron chi connectivity index (χ1n) is 7.04. The molecule has 2 rings (SSSR count). The van der Waals surface area contributed by atoms with Crippen LogP contribution in [0.3, 0.4) is 0 Å². The number of halogens is 1. The highest BCUT2D eigenvalue weighted by molar-refractivity contribution is 9.10. The lowest BCUT2D eigenvalue weighted by molar-refractivity contribution is 0.0167. The molecule has 0 atom stereocenters. The van der Waals surface area contributed by atoms with Crippen molar-refractivity contribution in [1.82, 2.24) is 9.80 Å². The van der Waals surface area contributed by atoms with Gasteiger partial charge in [0.2, 0.25) is 0 Å². The molecule has 0 aliphatic carbocycles. The third-order valence-electron chi connectivity index (χ3n) is 3.58. The summed E-state index contributed by atoms with van der Waals surface area (Å²) in [4.78, 5) is 4.74. The Labute approximate surface area is 129 Å². The summed E-state index contributed by atoms with van der Waals surface area (Å²) in [6.07, 6.45) is 0. The van der Waals surface area contributed by atoms with Crippen LogP contribution in [-0.2, 0) is 6.54 Å². The van der Waals surface area contributed by atoms with Gasteiger partial charge in [-0.15, -0.1) is 0 Å². The van der Waals surface area contributed by atoms with Crippen molar-refractivity contribution < 1.29 is 5.11 Å². The average Bonchev–Trinajstić information content (AvgIpc) is 2.33. The number of aliphatic hydroxyl groups is 1. The third-order valence-corrected chi connectivity index (χ3v) is 4.07. The van der Waals surface area contributed by atoms with Crippen LogP contribution in [0, 0.1) is 0 Å². The molecule has 1 aliphatic heterocycles. The molecule has 20 heavy (non-hydrogen) atoms. The van der Waals surface area contributed by atoms with Gasteiger partial charge in [0.1, 0.15) is 0 Å². The molecule has 0 saturated carbocycles. The first-order chi connectivity index (χ1) is 9.33. The number of nitrogen functional groups attached to an aromatic ring is 1. The van der Waals surface area contributed by atoms with Gasteiger partial charge in [-0.2, -0.15) is 0 Å². The molecule has 1 heterocycles. The second kappa shape index (κ2) is 6.43. The minimum atomic E-state index is -0.613. The zero-order valence-electron chi connectivity index (χ0n) is 12.3. The molecule has 1 aromatic rings. The number of benzene rings is 1. The molecular weight excluding hydrogens is 318 g/mol. The van der Waals surface area contributed by atoms with Gasteiger partial charge >= 0.3 is 0 Å². The van der Waals surface area contributed by atoms with Crippen molar-refractivity contribution in [2.24, 2.45) is 0 Å². The summed E-state index contributed by atoms with van der Waals surface area (Å²) in [7, 11) is 0. The maximum Gasteiger partial charge on any atom is 0.0718 e. The lowest BCUT2D eigenvalue weighted by atomic mass is 10.1. The van der Waals surface area contributed by atoms with Crippen molar-refractivity contribution in [1.29, 1.82) is 0 Å². The SMILES string of the molecule is CC(C)(O)CN1CCN(Cc2ccc(Br)cc2N)CC1. The summed E-state index contributed by atoms with van der Waals surface area (Å²) >= 11 is 3.43. The fourth-order valence-electron chi connectivity index (χ4n) is 2.60. The van der Waals surface area contributed by atoms with Gasteiger partial charge in [-0.25, -0.2) is 0 Å². The van der Waals surface area contributed by atoms with Crippen LogP contribution in [0.25, 0.3) is 0 Å². The summed E-state index contributed by atoms with van der Waals surface area (Å²) < 4.78 is 1.02. The number of rotatable bonds is 4. The van der Waals surface area contributed by atoms with Gasteiger partial charge in [0.05, 0.1) is 5.60 Å². The molecule has 112 valence electrons. The Hall–Kier alpha value is -0.620. The Morgan fingerprint density at radius 1 is 1.20 bits per heavy atom. The molecule has 0 aromatic heterocycles. The first kappa shape index (κ1) is 15.8. The van der Waals surface area contributed by atoms with E-state index in [1.54, 1.807) is 0 Å². The molecule has 1 aromatic carbocycles. The maximum absolute atomic E-state index is 9.86. The molecule has 0 radical (unpaired) electrons. The lowest BCUT2D eigenvalue weighted by Gasteiger charge is -2.37. The molecule has 0 spiro atoms. The van der Waals surface area contributed by atoms with Gasteiger partial charge in [0.15, 0.2) is 0 Å². The number of hydrogen-bond donors (Lipinski definition) is 2. The normalized spacial score (nSPS) is 18.4. The Bertz CT molecular complexity index is 451. The van der Waals surface area contributed by atoms with Crippen LogP contribution in [-0.4, -0.2) is 53.2 Å². The monoisotopic (exact) mass is 341 g/mol. The number of nitrogens with two attached hydrogens (primary N) is 1. The van der Waals surface area contributed by atoms with Crippen LogP contribution in [0.5, 0.6) is 0 Å². The number of hydrogen-bond acceptors (Lipinski definition) is 4. The van der Waals surface area contributed by atoms with E-state index < -0.39 is 5.60 Å². The van der Waals surface area contributed by atoms with Crippen molar-refractivity contribution in [3.63, 3.8) is 0 Å². The Balaban J connectivity index is 1.85. The highest BCUT2D eigenvalue weighted by Crippen LogP contribution is 2.20. The fraction of sp³-hybridized carbons (Fsp3) is 0.600. The van der Waals surface area contributed by atoms with E-state index >= 15 is 0 Å². The highest BCUT2D eigenvalue weighted by Gasteiger charge is 2.22. The van der Waals surface area contributed by atoms with Gasteiger partial charge in [-0.3, -0.25) is 9.80 Å². The largest absolute Gasteiger partial charge is 0.398 e. The summed E-state index contributed by atoms with van der Waals surface area (Å²) in [5.74, 6) is 0. The van der Waals surface area contributed by atoms with E-state index in [1.165, 1.54) is 5.56 Å². The summed E-state index contributed by atoms with van der Waals surface area (Å²) in [5, 5.41) is 9.86. The molecule has 5 heteroatoms. The molecular formula is C15H24BrN3O. The summed E-state index contributed by atoms with van der Waals surface area (Å²) in [5.41, 5.74) is 7.47. The number of anilines is 1. The number of piperazine rings is 1. The van der Waals surface area contributed by atoms with Crippen LogP contribution < -0.4 is 5.73 Å². The zero-order valence-corrected chi connectivity index (χ0v) is 13.9. The van der Waals surface area contributed by atoms with E-state index in [0.717, 1.165) is 49.4 Å². The molecule has 1 fully saturated rings. The zero-order chi connectivity index (χ0) is 14.8. The third kappa shape index (κ3) is 4.74. The Morgan fingerprint density at radius 3 is 2.35 bits per heavy atom. The predicted octanol–water partition coefficient (Wildman–Crippen LogP) is 1.92. The molecule has 4 nitrogen and oxygen atoms in total. The van der Waals surface area contributed by atoms with Crippen molar-refractivity contribution >= 4 is 21.6 Å². The Kier molecular flexibility index (Phi) is 5.07. The van der Waals surface area contributed by atoms with Crippen molar-refractivity contribution in [2.75, 3.05) is 38.5 Å². The molecule has 1 aliphatic rings. The summed E-state index contributed by atoms with van der Waals surface area (Å²) in [6.45, 7) is 9.40. The van der Waals surface area contributed by atoms with Gasteiger partial charge in [-0.05, 0) is 31.5 Å². The lowest BCUT2D eigenvalue weighted by Crippen LogP contribution is -2.50. The smallest absolute Gasteiger partial charge is 0.0718 e. The number of β-amino-alcohol motifs (C(OH)–C–C–N with tert-alkyl or cyclic N) is 1. The topological polar surface area (TPSA) is 52.7 Å². The quantitative estimate of drug-likeness (QED) is 0.821. The summed E-state index contributed by atoms with van der Waals surface area (Å²) in [6, 6.07) is 6.08. The highest BCUT2D eigenvalue weighted by atomic mass is 79.9. The van der Waals surface area contributed by atoms with E-state index in [4.69, 9.17) is 5.73 Å². The van der Waals surface area contributed by atoms with Crippen LogP contribution in [0.2, 0.25) is 0 Å². The van der Waals surface area contributed by atoms with E-state index in [1.807, 2.05) is 26.0 Å². The minimum absolute atomic E-state index is 0.613. The van der Waals surface area contributed by atoms with E-state index in [9.17, 15) is 5.11 Å². The average molecular weight is 342 g/mol. The fourth-order valence-corrected chi connectivity index (χ4v) is 2.98. The maximum atomic E-state index is 9.86. The molecule has 3 N–H and O–H groups in total. The second-order valence-corrected chi connectivity index (χ2v) is 7.12.